The van der Waals surface area contributed by atoms with E-state index < -0.39 is 28.4 Å². The third-order valence-corrected chi connectivity index (χ3v) is 3.21. The third-order valence-electron chi connectivity index (χ3n) is 3.21. The average Bonchev–Trinajstić information content (AvgIpc) is 2.46. The number of amides is 1. The number of aliphatic hydroxyl groups is 1. The number of nitrogens with zero attached hydrogens (tertiary/aromatic N) is 2. The zero-order chi connectivity index (χ0) is 15.6. The molecule has 0 spiro atoms. The van der Waals surface area contributed by atoms with Gasteiger partial charge in [-0.3, -0.25) is 14.9 Å². The Hall–Kier alpha value is -2.06. The van der Waals surface area contributed by atoms with Crippen LogP contribution in [0.25, 0.3) is 0 Å². The number of benzene rings is 1. The van der Waals surface area contributed by atoms with E-state index in [4.69, 9.17) is 9.84 Å². The Morgan fingerprint density at radius 3 is 2.90 bits per heavy atom. The Morgan fingerprint density at radius 2 is 2.29 bits per heavy atom. The molecular formula is C13H15FN2O5. The Kier molecular flexibility index (Phi) is 4.49. The van der Waals surface area contributed by atoms with Crippen molar-refractivity contribution in [2.45, 2.75) is 19.1 Å². The molecule has 1 aromatic carbocycles. The summed E-state index contributed by atoms with van der Waals surface area (Å²) in [7, 11) is 0. The molecule has 114 valence electrons. The lowest BCUT2D eigenvalue weighted by Crippen LogP contribution is -2.50. The first-order valence-corrected chi connectivity index (χ1v) is 6.42. The highest BCUT2D eigenvalue weighted by molar-refractivity contribution is 5.95. The summed E-state index contributed by atoms with van der Waals surface area (Å²) in [6.45, 7) is 2.03. The number of ether oxygens (including phenoxy) is 1. The molecule has 0 saturated carbocycles. The smallest absolute Gasteiger partial charge is 0.305 e. The van der Waals surface area contributed by atoms with Crippen molar-refractivity contribution >= 4 is 11.6 Å². The number of nitro groups is 1. The summed E-state index contributed by atoms with van der Waals surface area (Å²) in [5.41, 5.74) is -0.699. The molecule has 0 radical (unpaired) electrons. The van der Waals surface area contributed by atoms with Crippen molar-refractivity contribution in [3.8, 4) is 0 Å². The molecule has 1 fully saturated rings. The second kappa shape index (κ2) is 6.15. The highest BCUT2D eigenvalue weighted by atomic mass is 19.1. The van der Waals surface area contributed by atoms with Gasteiger partial charge in [0.1, 0.15) is 0 Å². The maximum absolute atomic E-state index is 13.3. The maximum atomic E-state index is 13.3. The molecule has 21 heavy (non-hydrogen) atoms. The maximum Gasteiger partial charge on any atom is 0.305 e. The van der Waals surface area contributed by atoms with Gasteiger partial charge in [-0.15, -0.1) is 0 Å². The van der Waals surface area contributed by atoms with E-state index in [1.54, 1.807) is 6.92 Å². The number of nitro benzene ring substituents is 1. The second-order valence-electron chi connectivity index (χ2n) is 4.88. The van der Waals surface area contributed by atoms with Crippen molar-refractivity contribution in [2.24, 2.45) is 0 Å². The molecule has 0 aromatic heterocycles. The van der Waals surface area contributed by atoms with Gasteiger partial charge in [-0.2, -0.15) is 4.39 Å². The van der Waals surface area contributed by atoms with Crippen LogP contribution in [0.2, 0.25) is 0 Å². The molecule has 1 amide bonds. The van der Waals surface area contributed by atoms with Crippen molar-refractivity contribution in [3.63, 3.8) is 0 Å². The number of rotatable bonds is 3. The number of halogens is 1. The molecule has 2 atom stereocenters. The number of aliphatic hydroxyl groups excluding tert-OH is 1. The fourth-order valence-electron chi connectivity index (χ4n) is 2.28. The van der Waals surface area contributed by atoms with Crippen molar-refractivity contribution in [2.75, 3.05) is 19.7 Å². The van der Waals surface area contributed by atoms with Crippen LogP contribution in [0.3, 0.4) is 0 Å². The van der Waals surface area contributed by atoms with E-state index in [0.717, 1.165) is 12.1 Å². The molecule has 1 aromatic rings. The standard InChI is InChI=1S/C13H15FN2O5/c1-8-5-15(6-10(7-17)21-8)13(18)9-2-3-11(14)12(4-9)16(19)20/h2-4,8,10,17H,5-7H2,1H3. The summed E-state index contributed by atoms with van der Waals surface area (Å²) in [4.78, 5) is 23.6. The predicted octanol–water partition coefficient (Wildman–Crippen LogP) is 0.956. The van der Waals surface area contributed by atoms with E-state index in [0.29, 0.717) is 6.54 Å². The SMILES string of the molecule is CC1CN(C(=O)c2ccc(F)c([N+](=O)[O-])c2)CC(CO)O1. The molecule has 1 aliphatic rings. The zero-order valence-electron chi connectivity index (χ0n) is 11.4. The Labute approximate surface area is 120 Å². The largest absolute Gasteiger partial charge is 0.394 e. The van der Waals surface area contributed by atoms with Crippen LogP contribution in [0.5, 0.6) is 0 Å². The number of carbonyl (C=O) groups is 1. The van der Waals surface area contributed by atoms with Gasteiger partial charge in [0.2, 0.25) is 5.82 Å². The summed E-state index contributed by atoms with van der Waals surface area (Å²) >= 11 is 0. The van der Waals surface area contributed by atoms with Crippen molar-refractivity contribution < 1.29 is 24.0 Å². The van der Waals surface area contributed by atoms with Crippen LogP contribution >= 0.6 is 0 Å². The lowest BCUT2D eigenvalue weighted by atomic mass is 10.1. The summed E-state index contributed by atoms with van der Waals surface area (Å²) in [6, 6.07) is 3.03. The molecule has 1 heterocycles. The predicted molar refractivity (Wildman–Crippen MR) is 70.4 cm³/mol. The minimum Gasteiger partial charge on any atom is -0.394 e. The van der Waals surface area contributed by atoms with E-state index >= 15 is 0 Å². The van der Waals surface area contributed by atoms with Gasteiger partial charge < -0.3 is 14.7 Å². The average molecular weight is 298 g/mol. The minimum absolute atomic E-state index is 0.0360. The molecule has 0 bridgehead atoms. The first-order chi connectivity index (χ1) is 9.92. The molecule has 7 nitrogen and oxygen atoms in total. The van der Waals surface area contributed by atoms with Gasteiger partial charge in [-0.05, 0) is 19.1 Å². The lowest BCUT2D eigenvalue weighted by Gasteiger charge is -2.36. The molecule has 2 unspecified atom stereocenters. The van der Waals surface area contributed by atoms with Gasteiger partial charge in [-0.1, -0.05) is 0 Å². The molecule has 8 heteroatoms. The number of carbonyl (C=O) groups excluding carboxylic acids is 1. The van der Waals surface area contributed by atoms with Gasteiger partial charge in [0.25, 0.3) is 5.91 Å². The van der Waals surface area contributed by atoms with Crippen molar-refractivity contribution in [3.05, 3.63) is 39.7 Å². The van der Waals surface area contributed by atoms with E-state index in [1.807, 2.05) is 0 Å². The number of hydrogen-bond donors (Lipinski definition) is 1. The third kappa shape index (κ3) is 3.34. The van der Waals surface area contributed by atoms with E-state index in [9.17, 15) is 19.3 Å². The Balaban J connectivity index is 2.23. The number of hydrogen-bond acceptors (Lipinski definition) is 5. The molecule has 0 aliphatic carbocycles. The summed E-state index contributed by atoms with van der Waals surface area (Å²) in [6.07, 6.45) is -0.747. The molecule has 2 rings (SSSR count). The second-order valence-corrected chi connectivity index (χ2v) is 4.88. The van der Waals surface area contributed by atoms with Crippen LogP contribution in [-0.2, 0) is 4.74 Å². The Bertz CT molecular complexity index is 565. The summed E-state index contributed by atoms with van der Waals surface area (Å²) in [5, 5.41) is 19.8. The van der Waals surface area contributed by atoms with Crippen LogP contribution < -0.4 is 0 Å². The van der Waals surface area contributed by atoms with Gasteiger partial charge >= 0.3 is 5.69 Å². The highest BCUT2D eigenvalue weighted by Gasteiger charge is 2.29. The van der Waals surface area contributed by atoms with E-state index in [2.05, 4.69) is 0 Å². The van der Waals surface area contributed by atoms with Gasteiger partial charge in [-0.25, -0.2) is 0 Å². The minimum atomic E-state index is -0.986. The van der Waals surface area contributed by atoms with Crippen LogP contribution in [0.1, 0.15) is 17.3 Å². The number of morpholine rings is 1. The Morgan fingerprint density at radius 1 is 1.57 bits per heavy atom. The molecule has 1 saturated heterocycles. The summed E-state index contributed by atoms with van der Waals surface area (Å²) < 4.78 is 18.7. The molecule has 1 aliphatic heterocycles. The van der Waals surface area contributed by atoms with Crippen molar-refractivity contribution in [1.82, 2.24) is 4.90 Å². The van der Waals surface area contributed by atoms with Crippen LogP contribution in [0.4, 0.5) is 10.1 Å². The first-order valence-electron chi connectivity index (χ1n) is 6.42. The fraction of sp³-hybridized carbons (Fsp3) is 0.462. The normalized spacial score (nSPS) is 22.1. The quantitative estimate of drug-likeness (QED) is 0.662. The first kappa shape index (κ1) is 15.3. The molecule has 1 N–H and O–H groups in total. The highest BCUT2D eigenvalue weighted by Crippen LogP contribution is 2.21. The van der Waals surface area contributed by atoms with Crippen LogP contribution in [0, 0.1) is 15.9 Å². The van der Waals surface area contributed by atoms with E-state index in [1.165, 1.54) is 11.0 Å². The zero-order valence-corrected chi connectivity index (χ0v) is 11.4. The lowest BCUT2D eigenvalue weighted by molar-refractivity contribution is -0.387. The van der Waals surface area contributed by atoms with Gasteiger partial charge in [0, 0.05) is 24.7 Å². The van der Waals surface area contributed by atoms with Crippen LogP contribution in [-0.4, -0.2) is 52.7 Å². The fourth-order valence-corrected chi connectivity index (χ4v) is 2.28. The monoisotopic (exact) mass is 298 g/mol. The van der Waals surface area contributed by atoms with Gasteiger partial charge in [0.15, 0.2) is 0 Å². The summed E-state index contributed by atoms with van der Waals surface area (Å²) in [5.74, 6) is -1.44. The van der Waals surface area contributed by atoms with Gasteiger partial charge in [0.05, 0.1) is 23.7 Å². The van der Waals surface area contributed by atoms with Crippen molar-refractivity contribution in [1.29, 1.82) is 0 Å². The molecular weight excluding hydrogens is 283 g/mol. The topological polar surface area (TPSA) is 92.9 Å². The van der Waals surface area contributed by atoms with E-state index in [-0.39, 0.29) is 24.8 Å². The van der Waals surface area contributed by atoms with Crippen LogP contribution in [0.15, 0.2) is 18.2 Å².